The van der Waals surface area contributed by atoms with Gasteiger partial charge in [0.1, 0.15) is 5.82 Å². The summed E-state index contributed by atoms with van der Waals surface area (Å²) in [5.74, 6) is 5.34. The van der Waals surface area contributed by atoms with Crippen LogP contribution in [0.1, 0.15) is 17.2 Å². The maximum atomic E-state index is 13.5. The summed E-state index contributed by atoms with van der Waals surface area (Å²) >= 11 is 0. The van der Waals surface area contributed by atoms with Crippen molar-refractivity contribution in [2.75, 3.05) is 5.73 Å². The summed E-state index contributed by atoms with van der Waals surface area (Å²) in [7, 11) is 0. The van der Waals surface area contributed by atoms with Gasteiger partial charge >= 0.3 is 0 Å². The number of aromatic nitrogens is 1. The quantitative estimate of drug-likeness (QED) is 0.392. The molecule has 5 N–H and O–H groups in total. The van der Waals surface area contributed by atoms with Gasteiger partial charge < -0.3 is 5.73 Å². The lowest BCUT2D eigenvalue weighted by atomic mass is 9.95. The molecule has 0 amide bonds. The Labute approximate surface area is 121 Å². The molecule has 0 saturated carbocycles. The second-order valence-electron chi connectivity index (χ2n) is 4.82. The Morgan fingerprint density at radius 3 is 2.67 bits per heavy atom. The van der Waals surface area contributed by atoms with Gasteiger partial charge in [0.25, 0.3) is 0 Å². The fourth-order valence-corrected chi connectivity index (χ4v) is 2.51. The van der Waals surface area contributed by atoms with Crippen LogP contribution in [-0.2, 0) is 0 Å². The molecule has 1 unspecified atom stereocenters. The standard InChI is InChI=1S/C16H15FN4/c17-11-5-6-15(18)13(7-11)16(21-19)14-9-20-8-10-3-1-2-4-12(10)14/h1-9,16,21H,18-19H2. The van der Waals surface area contributed by atoms with Gasteiger partial charge in [-0.1, -0.05) is 24.3 Å². The first-order valence-corrected chi connectivity index (χ1v) is 6.54. The first-order chi connectivity index (χ1) is 10.2. The molecule has 3 rings (SSSR count). The molecular formula is C16H15FN4. The molecule has 3 aromatic rings. The Hall–Kier alpha value is -2.50. The number of benzene rings is 2. The van der Waals surface area contributed by atoms with Gasteiger partial charge in [0.2, 0.25) is 0 Å². The zero-order chi connectivity index (χ0) is 14.8. The maximum Gasteiger partial charge on any atom is 0.123 e. The van der Waals surface area contributed by atoms with Crippen LogP contribution >= 0.6 is 0 Å². The average Bonchev–Trinajstić information content (AvgIpc) is 2.51. The highest BCUT2D eigenvalue weighted by Gasteiger charge is 2.18. The van der Waals surface area contributed by atoms with Gasteiger partial charge in [0, 0.05) is 34.6 Å². The van der Waals surface area contributed by atoms with Gasteiger partial charge in [0.05, 0.1) is 6.04 Å². The van der Waals surface area contributed by atoms with Crippen molar-refractivity contribution in [1.82, 2.24) is 10.4 Å². The number of nitrogens with one attached hydrogen (secondary N) is 1. The molecule has 0 aliphatic carbocycles. The van der Waals surface area contributed by atoms with E-state index < -0.39 is 6.04 Å². The van der Waals surface area contributed by atoms with Crippen molar-refractivity contribution in [3.63, 3.8) is 0 Å². The van der Waals surface area contributed by atoms with Gasteiger partial charge in [-0.3, -0.25) is 10.8 Å². The van der Waals surface area contributed by atoms with Gasteiger partial charge in [-0.05, 0) is 23.6 Å². The van der Waals surface area contributed by atoms with E-state index in [0.717, 1.165) is 16.3 Å². The molecule has 0 saturated heterocycles. The van der Waals surface area contributed by atoms with Crippen molar-refractivity contribution in [3.05, 3.63) is 71.8 Å². The number of fused-ring (bicyclic) bond motifs is 1. The van der Waals surface area contributed by atoms with Crippen LogP contribution in [0.2, 0.25) is 0 Å². The monoisotopic (exact) mass is 282 g/mol. The van der Waals surface area contributed by atoms with Crippen molar-refractivity contribution < 1.29 is 4.39 Å². The number of anilines is 1. The number of pyridine rings is 1. The van der Waals surface area contributed by atoms with Gasteiger partial charge in [-0.2, -0.15) is 0 Å². The largest absolute Gasteiger partial charge is 0.398 e. The fraction of sp³-hybridized carbons (Fsp3) is 0.0625. The number of halogens is 1. The molecule has 0 bridgehead atoms. The Bertz CT molecular complexity index is 783. The third kappa shape index (κ3) is 2.44. The van der Waals surface area contributed by atoms with Crippen molar-refractivity contribution in [3.8, 4) is 0 Å². The van der Waals surface area contributed by atoms with Crippen molar-refractivity contribution >= 4 is 16.5 Å². The van der Waals surface area contributed by atoms with E-state index in [-0.39, 0.29) is 5.82 Å². The molecule has 0 fully saturated rings. The van der Waals surface area contributed by atoms with Crippen LogP contribution in [0.4, 0.5) is 10.1 Å². The molecule has 1 aromatic heterocycles. The predicted octanol–water partition coefficient (Wildman–Crippen LogP) is 2.51. The summed E-state index contributed by atoms with van der Waals surface area (Å²) in [5.41, 5.74) is 10.6. The van der Waals surface area contributed by atoms with Crippen molar-refractivity contribution in [2.45, 2.75) is 6.04 Å². The van der Waals surface area contributed by atoms with Gasteiger partial charge in [0.15, 0.2) is 0 Å². The Morgan fingerprint density at radius 1 is 1.05 bits per heavy atom. The Morgan fingerprint density at radius 2 is 1.86 bits per heavy atom. The van der Waals surface area contributed by atoms with Crippen LogP contribution in [-0.4, -0.2) is 4.98 Å². The summed E-state index contributed by atoms with van der Waals surface area (Å²) < 4.78 is 13.5. The molecule has 21 heavy (non-hydrogen) atoms. The van der Waals surface area contributed by atoms with Gasteiger partial charge in [-0.25, -0.2) is 9.82 Å². The van der Waals surface area contributed by atoms with E-state index in [2.05, 4.69) is 10.4 Å². The number of hydrogen-bond acceptors (Lipinski definition) is 4. The summed E-state index contributed by atoms with van der Waals surface area (Å²) in [6, 6.07) is 11.6. The second-order valence-corrected chi connectivity index (χ2v) is 4.82. The zero-order valence-electron chi connectivity index (χ0n) is 11.3. The summed E-state index contributed by atoms with van der Waals surface area (Å²) in [4.78, 5) is 4.23. The van der Waals surface area contributed by atoms with E-state index in [4.69, 9.17) is 11.6 Å². The summed E-state index contributed by atoms with van der Waals surface area (Å²) in [5, 5.41) is 1.99. The topological polar surface area (TPSA) is 77.0 Å². The van der Waals surface area contributed by atoms with Crippen LogP contribution in [0, 0.1) is 5.82 Å². The first-order valence-electron chi connectivity index (χ1n) is 6.54. The molecule has 4 nitrogen and oxygen atoms in total. The minimum Gasteiger partial charge on any atom is -0.398 e. The number of hydrazine groups is 1. The van der Waals surface area contributed by atoms with Gasteiger partial charge in [-0.15, -0.1) is 0 Å². The van der Waals surface area contributed by atoms with Crippen LogP contribution < -0.4 is 17.0 Å². The first kappa shape index (κ1) is 13.5. The molecule has 0 aliphatic heterocycles. The zero-order valence-corrected chi connectivity index (χ0v) is 11.3. The van der Waals surface area contributed by atoms with E-state index >= 15 is 0 Å². The third-order valence-corrected chi connectivity index (χ3v) is 3.54. The van der Waals surface area contributed by atoms with Crippen LogP contribution in [0.5, 0.6) is 0 Å². The number of rotatable bonds is 3. The minimum absolute atomic E-state index is 0.354. The predicted molar refractivity (Wildman–Crippen MR) is 81.7 cm³/mol. The molecule has 2 aromatic carbocycles. The molecule has 0 radical (unpaired) electrons. The average molecular weight is 282 g/mol. The van der Waals surface area contributed by atoms with Crippen LogP contribution in [0.15, 0.2) is 54.9 Å². The number of nitrogens with zero attached hydrogens (tertiary/aromatic N) is 1. The summed E-state index contributed by atoms with van der Waals surface area (Å²) in [6.45, 7) is 0. The van der Waals surface area contributed by atoms with E-state index in [1.807, 2.05) is 24.3 Å². The van der Waals surface area contributed by atoms with Crippen molar-refractivity contribution in [2.24, 2.45) is 5.84 Å². The Kier molecular flexibility index (Phi) is 3.51. The summed E-state index contributed by atoms with van der Waals surface area (Å²) in [6.07, 6.45) is 3.50. The molecule has 0 aliphatic rings. The Balaban J connectivity index is 2.21. The molecule has 106 valence electrons. The highest BCUT2D eigenvalue weighted by Crippen LogP contribution is 2.30. The van der Waals surface area contributed by atoms with E-state index in [9.17, 15) is 4.39 Å². The molecule has 5 heteroatoms. The maximum absolute atomic E-state index is 13.5. The lowest BCUT2D eigenvalue weighted by Crippen LogP contribution is -2.29. The number of nitrogens with two attached hydrogens (primary N) is 2. The van der Waals surface area contributed by atoms with E-state index in [1.165, 1.54) is 18.2 Å². The van der Waals surface area contributed by atoms with E-state index in [0.29, 0.717) is 11.3 Å². The van der Waals surface area contributed by atoms with E-state index in [1.54, 1.807) is 12.4 Å². The molecule has 1 heterocycles. The fourth-order valence-electron chi connectivity index (χ4n) is 2.51. The highest BCUT2D eigenvalue weighted by molar-refractivity contribution is 5.85. The molecular weight excluding hydrogens is 267 g/mol. The third-order valence-electron chi connectivity index (χ3n) is 3.54. The number of hydrogen-bond donors (Lipinski definition) is 3. The SMILES string of the molecule is NNC(c1cc(F)ccc1N)c1cncc2ccccc12. The smallest absolute Gasteiger partial charge is 0.123 e. The van der Waals surface area contributed by atoms with Crippen LogP contribution in [0.25, 0.3) is 10.8 Å². The van der Waals surface area contributed by atoms with Crippen LogP contribution in [0.3, 0.4) is 0 Å². The highest BCUT2D eigenvalue weighted by atomic mass is 19.1. The normalized spacial score (nSPS) is 12.5. The molecule has 1 atom stereocenters. The van der Waals surface area contributed by atoms with Crippen molar-refractivity contribution in [1.29, 1.82) is 0 Å². The minimum atomic E-state index is -0.431. The molecule has 0 spiro atoms. The number of nitrogen functional groups attached to an aromatic ring is 1. The lowest BCUT2D eigenvalue weighted by Gasteiger charge is -2.20. The lowest BCUT2D eigenvalue weighted by molar-refractivity contribution is 0.607. The second kappa shape index (κ2) is 5.47.